The molecule has 0 atom stereocenters. The van der Waals surface area contributed by atoms with E-state index in [1.165, 1.54) is 11.1 Å². The van der Waals surface area contributed by atoms with Gasteiger partial charge in [0.2, 0.25) is 5.91 Å². The maximum Gasteiger partial charge on any atom is 0.411 e. The van der Waals surface area contributed by atoms with Crippen molar-refractivity contribution in [3.8, 4) is 0 Å². The van der Waals surface area contributed by atoms with Gasteiger partial charge >= 0.3 is 6.09 Å². The van der Waals surface area contributed by atoms with Crippen LogP contribution in [-0.2, 0) is 29.5 Å². The molecule has 8 nitrogen and oxygen atoms in total. The van der Waals surface area contributed by atoms with Gasteiger partial charge in [0.15, 0.2) is 0 Å². The van der Waals surface area contributed by atoms with Crippen LogP contribution in [0, 0.1) is 12.7 Å². The number of carboxylic acid groups (broad SMARTS) is 1. The van der Waals surface area contributed by atoms with Gasteiger partial charge in [0.25, 0.3) is 5.91 Å². The molecule has 0 saturated carbocycles. The number of hydrogen-bond donors (Lipinski definition) is 1. The smallest absolute Gasteiger partial charge is 0.411 e. The van der Waals surface area contributed by atoms with Crippen LogP contribution in [0.25, 0.3) is 10.8 Å². The minimum Gasteiger partial charge on any atom is -0.465 e. The number of aromatic nitrogens is 2. The Morgan fingerprint density at radius 3 is 2.67 bits per heavy atom. The van der Waals surface area contributed by atoms with E-state index in [0.29, 0.717) is 52.5 Å². The van der Waals surface area contributed by atoms with E-state index in [2.05, 4.69) is 9.97 Å². The molecule has 0 bridgehead atoms. The minimum absolute atomic E-state index is 0.0682. The topological polar surface area (TPSA) is 104 Å². The summed E-state index contributed by atoms with van der Waals surface area (Å²) < 4.78 is 15.7. The van der Waals surface area contributed by atoms with Gasteiger partial charge in [0.05, 0.1) is 22.8 Å². The van der Waals surface area contributed by atoms with Crippen LogP contribution in [0.2, 0.25) is 5.02 Å². The fourth-order valence-electron chi connectivity index (χ4n) is 6.26. The Labute approximate surface area is 246 Å². The molecular weight excluding hydrogens is 559 g/mol. The Kier molecular flexibility index (Phi) is 6.73. The summed E-state index contributed by atoms with van der Waals surface area (Å²) >= 11 is 6.50. The van der Waals surface area contributed by atoms with Gasteiger partial charge in [-0.3, -0.25) is 19.5 Å². The molecule has 1 N–H and O–H groups in total. The van der Waals surface area contributed by atoms with Gasteiger partial charge in [-0.1, -0.05) is 43.6 Å². The highest BCUT2D eigenvalue weighted by atomic mass is 35.5. The number of anilines is 2. The molecule has 0 fully saturated rings. The van der Waals surface area contributed by atoms with E-state index >= 15 is 4.39 Å². The van der Waals surface area contributed by atoms with E-state index in [4.69, 9.17) is 11.6 Å². The third-order valence-electron chi connectivity index (χ3n) is 8.27. The molecule has 0 saturated heterocycles. The lowest BCUT2D eigenvalue weighted by molar-refractivity contribution is -0.117. The quantitative estimate of drug-likeness (QED) is 0.277. The first-order valence-electron chi connectivity index (χ1n) is 13.7. The number of fused-ring (bicyclic) bond motifs is 3. The standard InChI is InChI=1S/C32H28ClFN4O4/c1-17-23(16-35-24-9-6-10-37(29(17)24)31(41)42)32(2,3)14-20-11-19-12-25(36-15-22(19)27(33)28(20)34)38-26(39)13-18-7-4-5-8-21(18)30(38)40/h4-5,7-8,11-12,15-16H,6,9-10,13-14H2,1-3H3,(H,41,42). The monoisotopic (exact) mass is 586 g/mol. The molecule has 2 aromatic carbocycles. The Bertz CT molecular complexity index is 1820. The van der Waals surface area contributed by atoms with Crippen molar-refractivity contribution in [1.82, 2.24) is 9.97 Å². The summed E-state index contributed by atoms with van der Waals surface area (Å²) in [4.78, 5) is 49.4. The molecule has 3 amide bonds. The number of benzene rings is 2. The molecule has 4 aromatic rings. The van der Waals surface area contributed by atoms with Crippen LogP contribution in [0.1, 0.15) is 58.6 Å². The highest BCUT2D eigenvalue weighted by molar-refractivity contribution is 6.36. The fraction of sp³-hybridized carbons (Fsp3) is 0.281. The number of imide groups is 1. The molecule has 0 aliphatic carbocycles. The molecule has 2 aliphatic heterocycles. The number of nitrogens with zero attached hydrogens (tertiary/aromatic N) is 4. The van der Waals surface area contributed by atoms with Gasteiger partial charge in [0.1, 0.15) is 11.6 Å². The van der Waals surface area contributed by atoms with Crippen molar-refractivity contribution >= 4 is 51.8 Å². The van der Waals surface area contributed by atoms with Crippen LogP contribution >= 0.6 is 11.6 Å². The zero-order chi connectivity index (χ0) is 29.9. The van der Waals surface area contributed by atoms with Gasteiger partial charge in [-0.15, -0.1) is 0 Å². The van der Waals surface area contributed by atoms with Crippen molar-refractivity contribution < 1.29 is 23.9 Å². The molecule has 10 heteroatoms. The highest BCUT2D eigenvalue weighted by Crippen LogP contribution is 2.40. The van der Waals surface area contributed by atoms with Gasteiger partial charge < -0.3 is 5.11 Å². The second-order valence-corrected chi connectivity index (χ2v) is 11.9. The largest absolute Gasteiger partial charge is 0.465 e. The molecule has 0 radical (unpaired) electrons. The maximum absolute atomic E-state index is 15.7. The summed E-state index contributed by atoms with van der Waals surface area (Å²) in [6, 6.07) is 10.2. The number of pyridine rings is 2. The lowest BCUT2D eigenvalue weighted by Gasteiger charge is -2.33. The highest BCUT2D eigenvalue weighted by Gasteiger charge is 2.34. The molecule has 6 rings (SSSR count). The number of carbonyl (C=O) groups is 3. The summed E-state index contributed by atoms with van der Waals surface area (Å²) in [5.74, 6) is -1.30. The lowest BCUT2D eigenvalue weighted by Crippen LogP contribution is -2.42. The first-order chi connectivity index (χ1) is 20.0. The average molecular weight is 587 g/mol. The Hall–Kier alpha value is -4.37. The third-order valence-corrected chi connectivity index (χ3v) is 8.64. The van der Waals surface area contributed by atoms with Crippen molar-refractivity contribution in [2.24, 2.45) is 0 Å². The van der Waals surface area contributed by atoms with E-state index in [9.17, 15) is 19.5 Å². The van der Waals surface area contributed by atoms with Crippen LogP contribution in [0.4, 0.5) is 20.7 Å². The minimum atomic E-state index is -1.03. The average Bonchev–Trinajstić information content (AvgIpc) is 2.95. The van der Waals surface area contributed by atoms with Gasteiger partial charge in [-0.05, 0) is 77.4 Å². The van der Waals surface area contributed by atoms with Gasteiger partial charge in [-0.25, -0.2) is 19.1 Å². The summed E-state index contributed by atoms with van der Waals surface area (Å²) in [5.41, 5.74) is 3.74. The maximum atomic E-state index is 15.7. The van der Waals surface area contributed by atoms with E-state index < -0.39 is 29.1 Å². The van der Waals surface area contributed by atoms with Crippen LogP contribution in [0.3, 0.4) is 0 Å². The molecule has 0 spiro atoms. The summed E-state index contributed by atoms with van der Waals surface area (Å²) in [5, 5.41) is 10.6. The van der Waals surface area contributed by atoms with Gasteiger partial charge in [-0.2, -0.15) is 0 Å². The number of halogens is 2. The Morgan fingerprint density at radius 1 is 1.14 bits per heavy atom. The summed E-state index contributed by atoms with van der Waals surface area (Å²) in [6.07, 6.45) is 3.81. The van der Waals surface area contributed by atoms with Crippen molar-refractivity contribution in [2.75, 3.05) is 16.3 Å². The second-order valence-electron chi connectivity index (χ2n) is 11.5. The van der Waals surface area contributed by atoms with E-state index in [-0.39, 0.29) is 23.7 Å². The molecule has 0 unspecified atom stereocenters. The molecule has 42 heavy (non-hydrogen) atoms. The van der Waals surface area contributed by atoms with Crippen LogP contribution in [0.15, 0.2) is 48.8 Å². The normalized spacial score (nSPS) is 15.2. The third kappa shape index (κ3) is 4.48. The van der Waals surface area contributed by atoms with Crippen molar-refractivity contribution in [3.05, 3.63) is 93.1 Å². The second kappa shape index (κ2) is 10.2. The van der Waals surface area contributed by atoms with E-state index in [1.807, 2.05) is 20.8 Å². The van der Waals surface area contributed by atoms with Crippen LogP contribution < -0.4 is 9.80 Å². The fourth-order valence-corrected chi connectivity index (χ4v) is 6.54. The lowest BCUT2D eigenvalue weighted by atomic mass is 9.77. The number of hydrogen-bond acceptors (Lipinski definition) is 5. The Balaban J connectivity index is 1.39. The number of carbonyl (C=O) groups excluding carboxylic acids is 2. The van der Waals surface area contributed by atoms with Crippen molar-refractivity contribution in [3.63, 3.8) is 0 Å². The molecule has 2 aromatic heterocycles. The first kappa shape index (κ1) is 27.8. The van der Waals surface area contributed by atoms with Crippen LogP contribution in [-0.4, -0.2) is 39.5 Å². The predicted octanol–water partition coefficient (Wildman–Crippen LogP) is 6.41. The Morgan fingerprint density at radius 2 is 1.90 bits per heavy atom. The van der Waals surface area contributed by atoms with Crippen molar-refractivity contribution in [1.29, 1.82) is 0 Å². The predicted molar refractivity (Wildman–Crippen MR) is 158 cm³/mol. The molecule has 4 heterocycles. The van der Waals surface area contributed by atoms with E-state index in [0.717, 1.165) is 21.7 Å². The molecular formula is C32H28ClFN4O4. The molecule has 2 aliphatic rings. The van der Waals surface area contributed by atoms with Crippen molar-refractivity contribution in [2.45, 2.75) is 51.9 Å². The van der Waals surface area contributed by atoms with Crippen LogP contribution in [0.5, 0.6) is 0 Å². The summed E-state index contributed by atoms with van der Waals surface area (Å²) in [7, 11) is 0. The zero-order valence-electron chi connectivity index (χ0n) is 23.4. The summed E-state index contributed by atoms with van der Waals surface area (Å²) in [6.45, 7) is 6.18. The number of aryl methyl sites for hydroxylation is 1. The number of amides is 3. The molecule has 214 valence electrons. The van der Waals surface area contributed by atoms with E-state index in [1.54, 1.807) is 42.6 Å². The first-order valence-corrected chi connectivity index (χ1v) is 14.1. The van der Waals surface area contributed by atoms with Gasteiger partial charge in [0, 0.05) is 29.9 Å². The SMILES string of the molecule is Cc1c(C(C)(C)Cc2cc3cc(N4C(=O)Cc5ccccc5C4=O)ncc3c(Cl)c2F)cnc2c1N(C(=O)O)CCC2. The number of rotatable bonds is 4. The zero-order valence-corrected chi connectivity index (χ0v) is 24.1.